The Bertz CT molecular complexity index is 890. The molecule has 2 unspecified atom stereocenters. The minimum absolute atomic E-state index is 0.528. The Labute approximate surface area is 138 Å². The van der Waals surface area contributed by atoms with Gasteiger partial charge < -0.3 is 5.32 Å². The summed E-state index contributed by atoms with van der Waals surface area (Å²) in [4.78, 5) is 0. The summed E-state index contributed by atoms with van der Waals surface area (Å²) in [5, 5.41) is 8.36. The SMILES string of the molecule is C=c1ccc(=c2ccc(=C3NC=C(C)CC(C)C3C)cc2)cc1. The quantitative estimate of drug-likeness (QED) is 0.783. The lowest BCUT2D eigenvalue weighted by atomic mass is 9.88. The Balaban J connectivity index is 2.13. The molecule has 0 fully saturated rings. The van der Waals surface area contributed by atoms with Crippen LogP contribution in [0.5, 0.6) is 0 Å². The van der Waals surface area contributed by atoms with Crippen LogP contribution in [-0.2, 0) is 0 Å². The van der Waals surface area contributed by atoms with E-state index in [2.05, 4.69) is 87.4 Å². The first kappa shape index (κ1) is 15.6. The fourth-order valence-corrected chi connectivity index (χ4v) is 3.25. The molecule has 0 aromatic heterocycles. The topological polar surface area (TPSA) is 12.0 Å². The zero-order valence-corrected chi connectivity index (χ0v) is 14.3. The summed E-state index contributed by atoms with van der Waals surface area (Å²) in [6.07, 6.45) is 3.32. The van der Waals surface area contributed by atoms with Crippen molar-refractivity contribution >= 4 is 12.3 Å². The minimum Gasteiger partial charge on any atom is -0.364 e. The molecule has 2 aromatic rings. The first-order valence-corrected chi connectivity index (χ1v) is 8.36. The zero-order chi connectivity index (χ0) is 16.4. The van der Waals surface area contributed by atoms with E-state index in [1.807, 2.05) is 0 Å². The van der Waals surface area contributed by atoms with E-state index in [-0.39, 0.29) is 0 Å². The van der Waals surface area contributed by atoms with E-state index >= 15 is 0 Å². The van der Waals surface area contributed by atoms with E-state index < -0.39 is 0 Å². The van der Waals surface area contributed by atoms with Crippen LogP contribution in [0.2, 0.25) is 0 Å². The molecule has 1 aliphatic heterocycles. The highest BCUT2D eigenvalue weighted by Crippen LogP contribution is 2.27. The van der Waals surface area contributed by atoms with Gasteiger partial charge in [-0.15, -0.1) is 0 Å². The van der Waals surface area contributed by atoms with Crippen LogP contribution in [0.4, 0.5) is 0 Å². The van der Waals surface area contributed by atoms with Crippen LogP contribution in [-0.4, -0.2) is 0 Å². The van der Waals surface area contributed by atoms with Gasteiger partial charge in [-0.2, -0.15) is 0 Å². The molecular formula is C22H25N. The van der Waals surface area contributed by atoms with Gasteiger partial charge >= 0.3 is 0 Å². The van der Waals surface area contributed by atoms with Crippen molar-refractivity contribution in [1.29, 1.82) is 0 Å². The number of rotatable bonds is 0. The highest BCUT2D eigenvalue weighted by molar-refractivity contribution is 5.48. The molecule has 0 amide bonds. The molecule has 2 aromatic carbocycles. The van der Waals surface area contributed by atoms with Crippen LogP contribution in [0.3, 0.4) is 0 Å². The number of hydrogen-bond donors (Lipinski definition) is 1. The van der Waals surface area contributed by atoms with Gasteiger partial charge in [0.1, 0.15) is 0 Å². The number of allylic oxidation sites excluding steroid dienone is 1. The average Bonchev–Trinajstić information content (AvgIpc) is 2.68. The standard InChI is InChI=1S/C22H25N/c1-15-5-7-19(8-6-15)20-9-11-21(12-10-20)22-18(4)17(3)13-16(2)14-23-22/h5-12,14,17-18,23H,1,13H2,2-4H3. The molecule has 2 atom stereocenters. The fraction of sp³-hybridized carbons (Fsp3) is 0.273. The van der Waals surface area contributed by atoms with Crippen LogP contribution in [0.15, 0.2) is 60.3 Å². The van der Waals surface area contributed by atoms with Crippen LogP contribution in [0.25, 0.3) is 12.3 Å². The second-order valence-electron chi connectivity index (χ2n) is 6.79. The van der Waals surface area contributed by atoms with Crippen molar-refractivity contribution in [1.82, 2.24) is 5.32 Å². The Morgan fingerprint density at radius 1 is 0.870 bits per heavy atom. The third-order valence-electron chi connectivity index (χ3n) is 4.91. The molecule has 0 saturated carbocycles. The lowest BCUT2D eigenvalue weighted by molar-refractivity contribution is 0.465. The van der Waals surface area contributed by atoms with Crippen molar-refractivity contribution in [3.8, 4) is 0 Å². The van der Waals surface area contributed by atoms with Gasteiger partial charge in [0.2, 0.25) is 0 Å². The highest BCUT2D eigenvalue weighted by Gasteiger charge is 2.19. The number of hydrogen-bond acceptors (Lipinski definition) is 1. The normalized spacial score (nSPS) is 21.3. The van der Waals surface area contributed by atoms with E-state index in [0.717, 1.165) is 11.6 Å². The third-order valence-corrected chi connectivity index (χ3v) is 4.91. The molecule has 0 aliphatic carbocycles. The lowest BCUT2D eigenvalue weighted by Gasteiger charge is -2.20. The van der Waals surface area contributed by atoms with Crippen molar-refractivity contribution < 1.29 is 0 Å². The molecule has 3 rings (SSSR count). The Kier molecular flexibility index (Phi) is 4.38. The maximum atomic E-state index is 3.94. The fourth-order valence-electron chi connectivity index (χ4n) is 3.25. The van der Waals surface area contributed by atoms with E-state index in [1.165, 1.54) is 26.9 Å². The van der Waals surface area contributed by atoms with Crippen molar-refractivity contribution in [3.05, 3.63) is 81.2 Å². The molecule has 1 heteroatoms. The molecule has 0 radical (unpaired) electrons. The minimum atomic E-state index is 0.528. The van der Waals surface area contributed by atoms with Crippen molar-refractivity contribution in [2.24, 2.45) is 11.8 Å². The molecule has 0 bridgehead atoms. The summed E-state index contributed by atoms with van der Waals surface area (Å²) < 4.78 is 0. The zero-order valence-electron chi connectivity index (χ0n) is 14.3. The van der Waals surface area contributed by atoms with Gasteiger partial charge in [0.15, 0.2) is 0 Å². The third kappa shape index (κ3) is 3.39. The largest absolute Gasteiger partial charge is 0.364 e. The van der Waals surface area contributed by atoms with E-state index in [9.17, 15) is 0 Å². The summed E-state index contributed by atoms with van der Waals surface area (Å²) >= 11 is 0. The van der Waals surface area contributed by atoms with Crippen molar-refractivity contribution in [2.75, 3.05) is 0 Å². The van der Waals surface area contributed by atoms with E-state index in [1.54, 1.807) is 0 Å². The molecule has 1 heterocycles. The first-order valence-electron chi connectivity index (χ1n) is 8.36. The van der Waals surface area contributed by atoms with Crippen LogP contribution < -0.4 is 15.8 Å². The monoisotopic (exact) mass is 303 g/mol. The molecule has 1 aliphatic rings. The van der Waals surface area contributed by atoms with Gasteiger partial charge in [0.25, 0.3) is 0 Å². The van der Waals surface area contributed by atoms with Gasteiger partial charge in [-0.1, -0.05) is 74.5 Å². The van der Waals surface area contributed by atoms with Crippen LogP contribution >= 0.6 is 0 Å². The van der Waals surface area contributed by atoms with Gasteiger partial charge in [-0.3, -0.25) is 0 Å². The van der Waals surface area contributed by atoms with Gasteiger partial charge in [-0.25, -0.2) is 0 Å². The van der Waals surface area contributed by atoms with Gasteiger partial charge in [-0.05, 0) is 52.3 Å². The second kappa shape index (κ2) is 6.45. The average molecular weight is 303 g/mol. The molecule has 1 nitrogen and oxygen atoms in total. The summed E-state index contributed by atoms with van der Waals surface area (Å²) in [6, 6.07) is 17.3. The molecule has 118 valence electrons. The van der Waals surface area contributed by atoms with Crippen LogP contribution in [0, 0.1) is 22.3 Å². The van der Waals surface area contributed by atoms with E-state index in [0.29, 0.717) is 11.8 Å². The Morgan fingerprint density at radius 3 is 2.00 bits per heavy atom. The predicted octanol–water partition coefficient (Wildman–Crippen LogP) is 3.66. The maximum Gasteiger partial charge on any atom is 0.0251 e. The lowest BCUT2D eigenvalue weighted by Crippen LogP contribution is -2.23. The second-order valence-corrected chi connectivity index (χ2v) is 6.79. The summed E-state index contributed by atoms with van der Waals surface area (Å²) in [5.41, 5.74) is 2.75. The number of nitrogens with one attached hydrogen (secondary N) is 1. The molecule has 0 spiro atoms. The van der Waals surface area contributed by atoms with E-state index in [4.69, 9.17) is 0 Å². The smallest absolute Gasteiger partial charge is 0.0251 e. The molecule has 0 saturated heterocycles. The van der Waals surface area contributed by atoms with Crippen molar-refractivity contribution in [3.63, 3.8) is 0 Å². The molecule has 1 N–H and O–H groups in total. The summed E-state index contributed by atoms with van der Waals surface area (Å²) in [6.45, 7) is 10.8. The summed E-state index contributed by atoms with van der Waals surface area (Å²) in [5.74, 6) is 1.18. The molecule has 23 heavy (non-hydrogen) atoms. The predicted molar refractivity (Wildman–Crippen MR) is 98.6 cm³/mol. The first-order chi connectivity index (χ1) is 11.0. The maximum absolute atomic E-state index is 3.94. The van der Waals surface area contributed by atoms with Crippen LogP contribution in [0.1, 0.15) is 27.2 Å². The van der Waals surface area contributed by atoms with Crippen molar-refractivity contribution in [2.45, 2.75) is 27.2 Å². The van der Waals surface area contributed by atoms with Gasteiger partial charge in [0.05, 0.1) is 0 Å². The summed E-state index contributed by atoms with van der Waals surface area (Å²) in [7, 11) is 0. The Hall–Kier alpha value is -2.28. The Morgan fingerprint density at radius 2 is 1.39 bits per heavy atom. The number of benzene rings is 2. The van der Waals surface area contributed by atoms with Gasteiger partial charge in [0, 0.05) is 5.70 Å². The highest BCUT2D eigenvalue weighted by atomic mass is 14.9. The molecular weight excluding hydrogens is 278 g/mol.